The molecule has 1 atom stereocenters. The first-order chi connectivity index (χ1) is 8.74. The molecule has 4 nitrogen and oxygen atoms in total. The smallest absolute Gasteiger partial charge is 0.169 e. The first-order valence-electron chi connectivity index (χ1n) is 5.84. The summed E-state index contributed by atoms with van der Waals surface area (Å²) in [6.07, 6.45) is 1.08. The molecule has 5 heteroatoms. The predicted molar refractivity (Wildman–Crippen MR) is 72.2 cm³/mol. The Kier molecular flexibility index (Phi) is 3.09. The number of nitrogen functional groups attached to an aromatic ring is 1. The Morgan fingerprint density at radius 3 is 2.83 bits per heavy atom. The average molecular weight is 309 g/mol. The highest BCUT2D eigenvalue weighted by molar-refractivity contribution is 9.10. The van der Waals surface area contributed by atoms with E-state index in [-0.39, 0.29) is 0 Å². The molecule has 0 radical (unpaired) electrons. The number of anilines is 1. The Hall–Kier alpha value is -1.33. The van der Waals surface area contributed by atoms with Crippen LogP contribution >= 0.6 is 15.9 Å². The number of rotatable bonds is 2. The van der Waals surface area contributed by atoms with Crippen LogP contribution in [0.2, 0.25) is 0 Å². The van der Waals surface area contributed by atoms with E-state index in [4.69, 9.17) is 15.0 Å². The van der Waals surface area contributed by atoms with E-state index in [0.29, 0.717) is 17.5 Å². The fraction of sp³-hybridized carbons (Fsp3) is 0.308. The quantitative estimate of drug-likeness (QED) is 0.925. The molecule has 1 unspecified atom stereocenters. The third-order valence-electron chi connectivity index (χ3n) is 3.18. The fourth-order valence-corrected chi connectivity index (χ4v) is 2.92. The number of ether oxygens (including phenoxy) is 1. The van der Waals surface area contributed by atoms with Gasteiger partial charge in [0.1, 0.15) is 0 Å². The van der Waals surface area contributed by atoms with Crippen LogP contribution in [0.3, 0.4) is 0 Å². The van der Waals surface area contributed by atoms with Crippen LogP contribution in [0, 0.1) is 0 Å². The van der Waals surface area contributed by atoms with Crippen molar-refractivity contribution >= 4 is 21.7 Å². The van der Waals surface area contributed by atoms with Crippen molar-refractivity contribution in [2.45, 2.75) is 12.3 Å². The number of hydrogen-bond acceptors (Lipinski definition) is 4. The fourth-order valence-electron chi connectivity index (χ4n) is 2.22. The maximum absolute atomic E-state index is 5.55. The monoisotopic (exact) mass is 308 g/mol. The Morgan fingerprint density at radius 1 is 1.33 bits per heavy atom. The predicted octanol–water partition coefficient (Wildman–Crippen LogP) is 3.19. The highest BCUT2D eigenvalue weighted by Gasteiger charge is 2.20. The number of hydrogen-bond donors (Lipinski definition) is 1. The largest absolute Gasteiger partial charge is 0.381 e. The van der Waals surface area contributed by atoms with Gasteiger partial charge in [-0.3, -0.25) is 0 Å². The summed E-state index contributed by atoms with van der Waals surface area (Å²) in [5, 5.41) is 3.69. The standard InChI is InChI=1S/C13H13BrN2O2/c14-11-5-8(12-6-13(15)16-18-12)1-2-10(11)9-3-4-17-7-9/h1-2,5-6,9H,3-4,7H2,(H2,15,16). The Labute approximate surface area is 113 Å². The molecular weight excluding hydrogens is 296 g/mol. The lowest BCUT2D eigenvalue weighted by atomic mass is 9.97. The lowest BCUT2D eigenvalue weighted by molar-refractivity contribution is 0.194. The van der Waals surface area contributed by atoms with Gasteiger partial charge in [-0.1, -0.05) is 33.2 Å². The van der Waals surface area contributed by atoms with Gasteiger partial charge in [-0.05, 0) is 18.1 Å². The third-order valence-corrected chi connectivity index (χ3v) is 3.87. The van der Waals surface area contributed by atoms with Gasteiger partial charge in [0.05, 0.1) is 6.61 Å². The normalized spacial score (nSPS) is 19.3. The van der Waals surface area contributed by atoms with Gasteiger partial charge in [-0.15, -0.1) is 0 Å². The maximum atomic E-state index is 5.55. The molecule has 0 amide bonds. The molecule has 2 N–H and O–H groups in total. The zero-order chi connectivity index (χ0) is 12.5. The minimum atomic E-state index is 0.398. The van der Waals surface area contributed by atoms with E-state index in [9.17, 15) is 0 Å². The Morgan fingerprint density at radius 2 is 2.22 bits per heavy atom. The summed E-state index contributed by atoms with van der Waals surface area (Å²) in [5.41, 5.74) is 7.80. The SMILES string of the molecule is Nc1cc(-c2ccc(C3CCOC3)c(Br)c2)on1. The minimum Gasteiger partial charge on any atom is -0.381 e. The van der Waals surface area contributed by atoms with Crippen molar-refractivity contribution in [3.63, 3.8) is 0 Å². The van der Waals surface area contributed by atoms with E-state index < -0.39 is 0 Å². The zero-order valence-electron chi connectivity index (χ0n) is 9.73. The van der Waals surface area contributed by atoms with E-state index >= 15 is 0 Å². The molecule has 0 spiro atoms. The van der Waals surface area contributed by atoms with Crippen LogP contribution in [0.5, 0.6) is 0 Å². The summed E-state index contributed by atoms with van der Waals surface area (Å²) in [4.78, 5) is 0. The van der Waals surface area contributed by atoms with Crippen molar-refractivity contribution in [1.82, 2.24) is 5.16 Å². The van der Waals surface area contributed by atoms with Gasteiger partial charge in [0.2, 0.25) is 0 Å². The van der Waals surface area contributed by atoms with Crippen LogP contribution in [-0.2, 0) is 4.74 Å². The van der Waals surface area contributed by atoms with Gasteiger partial charge in [-0.2, -0.15) is 0 Å². The van der Waals surface area contributed by atoms with E-state index in [1.165, 1.54) is 5.56 Å². The van der Waals surface area contributed by atoms with Gasteiger partial charge in [0.15, 0.2) is 11.6 Å². The molecule has 0 saturated carbocycles. The average Bonchev–Trinajstić information content (AvgIpc) is 2.99. The molecule has 0 aliphatic carbocycles. The molecule has 1 aromatic heterocycles. The third kappa shape index (κ3) is 2.15. The second-order valence-corrected chi connectivity index (χ2v) is 5.27. The number of halogens is 1. The second-order valence-electron chi connectivity index (χ2n) is 4.41. The summed E-state index contributed by atoms with van der Waals surface area (Å²) in [6, 6.07) is 7.89. The summed E-state index contributed by atoms with van der Waals surface area (Å²) >= 11 is 3.61. The number of aromatic nitrogens is 1. The summed E-state index contributed by atoms with van der Waals surface area (Å²) < 4.78 is 11.6. The van der Waals surface area contributed by atoms with Crippen molar-refractivity contribution in [1.29, 1.82) is 0 Å². The van der Waals surface area contributed by atoms with Crippen LogP contribution in [0.4, 0.5) is 5.82 Å². The van der Waals surface area contributed by atoms with Crippen LogP contribution in [0.25, 0.3) is 11.3 Å². The van der Waals surface area contributed by atoms with Crippen molar-refractivity contribution in [3.8, 4) is 11.3 Å². The highest BCUT2D eigenvalue weighted by Crippen LogP contribution is 2.34. The lowest BCUT2D eigenvalue weighted by Crippen LogP contribution is -1.98. The first kappa shape index (κ1) is 11.7. The van der Waals surface area contributed by atoms with Crippen molar-refractivity contribution in [3.05, 3.63) is 34.3 Å². The van der Waals surface area contributed by atoms with Crippen LogP contribution < -0.4 is 5.73 Å². The molecule has 0 bridgehead atoms. The molecular formula is C13H13BrN2O2. The van der Waals surface area contributed by atoms with Gasteiger partial charge in [0.25, 0.3) is 0 Å². The molecule has 1 fully saturated rings. The first-order valence-corrected chi connectivity index (χ1v) is 6.63. The Bertz CT molecular complexity index is 562. The number of nitrogens with two attached hydrogens (primary N) is 1. The van der Waals surface area contributed by atoms with Gasteiger partial charge < -0.3 is 15.0 Å². The lowest BCUT2D eigenvalue weighted by Gasteiger charge is -2.11. The molecule has 1 aromatic carbocycles. The van der Waals surface area contributed by atoms with Gasteiger partial charge in [-0.25, -0.2) is 0 Å². The zero-order valence-corrected chi connectivity index (χ0v) is 11.3. The molecule has 1 saturated heterocycles. The molecule has 1 aliphatic heterocycles. The van der Waals surface area contributed by atoms with Crippen molar-refractivity contribution < 1.29 is 9.26 Å². The number of nitrogens with zero attached hydrogens (tertiary/aromatic N) is 1. The summed E-state index contributed by atoms with van der Waals surface area (Å²) in [6.45, 7) is 1.64. The van der Waals surface area contributed by atoms with Crippen LogP contribution in [0.15, 0.2) is 33.3 Å². The van der Waals surface area contributed by atoms with E-state index in [1.54, 1.807) is 6.07 Å². The Balaban J connectivity index is 1.93. The van der Waals surface area contributed by atoms with Crippen LogP contribution in [0.1, 0.15) is 17.9 Å². The van der Waals surface area contributed by atoms with Gasteiger partial charge >= 0.3 is 0 Å². The topological polar surface area (TPSA) is 61.3 Å². The van der Waals surface area contributed by atoms with Crippen LogP contribution in [-0.4, -0.2) is 18.4 Å². The van der Waals surface area contributed by atoms with Gasteiger partial charge in [0, 0.05) is 28.6 Å². The van der Waals surface area contributed by atoms with E-state index in [0.717, 1.165) is 29.7 Å². The molecule has 3 rings (SSSR count). The van der Waals surface area contributed by atoms with E-state index in [2.05, 4.69) is 27.2 Å². The van der Waals surface area contributed by atoms with E-state index in [1.807, 2.05) is 12.1 Å². The molecule has 2 aromatic rings. The molecule has 94 valence electrons. The summed E-state index contributed by atoms with van der Waals surface area (Å²) in [7, 11) is 0. The molecule has 2 heterocycles. The highest BCUT2D eigenvalue weighted by atomic mass is 79.9. The molecule has 18 heavy (non-hydrogen) atoms. The molecule has 1 aliphatic rings. The number of benzene rings is 1. The summed E-state index contributed by atoms with van der Waals surface area (Å²) in [5.74, 6) is 1.56. The van der Waals surface area contributed by atoms with Crippen molar-refractivity contribution in [2.75, 3.05) is 18.9 Å². The second kappa shape index (κ2) is 4.74. The minimum absolute atomic E-state index is 0.398. The van der Waals surface area contributed by atoms with Crippen molar-refractivity contribution in [2.24, 2.45) is 0 Å². The maximum Gasteiger partial charge on any atom is 0.169 e.